The van der Waals surface area contributed by atoms with Crippen LogP contribution in [0.25, 0.3) is 0 Å². The van der Waals surface area contributed by atoms with Crippen molar-refractivity contribution in [2.45, 2.75) is 25.7 Å². The molecule has 1 unspecified atom stereocenters. The van der Waals surface area contributed by atoms with E-state index in [4.69, 9.17) is 9.84 Å². The van der Waals surface area contributed by atoms with E-state index in [0.29, 0.717) is 32.2 Å². The second-order valence-corrected chi connectivity index (χ2v) is 5.68. The lowest BCUT2D eigenvalue weighted by atomic mass is 9.84. The number of hydrogen-bond acceptors (Lipinski definition) is 4. The molecule has 2 N–H and O–H groups in total. The van der Waals surface area contributed by atoms with Crippen molar-refractivity contribution in [2.24, 2.45) is 5.41 Å². The number of benzene rings is 1. The smallest absolute Gasteiger partial charge is 0.405 e. The topological polar surface area (TPSA) is 50.7 Å². The van der Waals surface area contributed by atoms with Crippen molar-refractivity contribution in [1.82, 2.24) is 5.32 Å². The van der Waals surface area contributed by atoms with Crippen LogP contribution in [0.3, 0.4) is 0 Å². The minimum absolute atomic E-state index is 0.0179. The summed E-state index contributed by atoms with van der Waals surface area (Å²) < 4.78 is 59.5. The van der Waals surface area contributed by atoms with E-state index in [9.17, 15) is 17.6 Å². The van der Waals surface area contributed by atoms with Gasteiger partial charge in [-0.05, 0) is 18.9 Å². The zero-order valence-electron chi connectivity index (χ0n) is 12.5. The van der Waals surface area contributed by atoms with Gasteiger partial charge in [0.15, 0.2) is 0 Å². The van der Waals surface area contributed by atoms with Crippen molar-refractivity contribution in [3.63, 3.8) is 0 Å². The molecule has 0 bridgehead atoms. The first-order valence-electron chi connectivity index (χ1n) is 7.27. The molecule has 1 aromatic carbocycles. The Kier molecular flexibility index (Phi) is 5.83. The Morgan fingerprint density at radius 2 is 2.13 bits per heavy atom. The van der Waals surface area contributed by atoms with Gasteiger partial charge in [0, 0.05) is 43.3 Å². The third kappa shape index (κ3) is 5.33. The van der Waals surface area contributed by atoms with E-state index >= 15 is 0 Å². The number of nitrogens with one attached hydrogen (secondary N) is 1. The van der Waals surface area contributed by atoms with Gasteiger partial charge in [-0.3, -0.25) is 0 Å². The van der Waals surface area contributed by atoms with E-state index in [1.165, 1.54) is 6.07 Å². The molecular formula is C15H19F4NO3. The Hall–Kier alpha value is -1.38. The van der Waals surface area contributed by atoms with Crippen LogP contribution >= 0.6 is 0 Å². The molecule has 0 radical (unpaired) electrons. The SMILES string of the molecule is OCCC1(CNCc2ccc(F)cc2OC(F)(F)F)CCOC1. The fourth-order valence-corrected chi connectivity index (χ4v) is 2.67. The van der Waals surface area contributed by atoms with E-state index in [2.05, 4.69) is 10.1 Å². The Morgan fingerprint density at radius 3 is 2.74 bits per heavy atom. The molecule has 1 aliphatic rings. The summed E-state index contributed by atoms with van der Waals surface area (Å²) in [7, 11) is 0. The van der Waals surface area contributed by atoms with E-state index in [1.54, 1.807) is 0 Å². The Balaban J connectivity index is 1.99. The summed E-state index contributed by atoms with van der Waals surface area (Å²) in [5.74, 6) is -1.35. The molecule has 23 heavy (non-hydrogen) atoms. The highest BCUT2D eigenvalue weighted by atomic mass is 19.4. The molecule has 1 fully saturated rings. The van der Waals surface area contributed by atoms with Crippen LogP contribution < -0.4 is 10.1 Å². The van der Waals surface area contributed by atoms with Crippen molar-refractivity contribution in [2.75, 3.05) is 26.4 Å². The van der Waals surface area contributed by atoms with Crippen molar-refractivity contribution >= 4 is 0 Å². The number of aliphatic hydroxyl groups excluding tert-OH is 1. The molecule has 1 atom stereocenters. The molecule has 1 aliphatic heterocycles. The summed E-state index contributed by atoms with van der Waals surface area (Å²) in [6.07, 6.45) is -3.55. The summed E-state index contributed by atoms with van der Waals surface area (Å²) in [6, 6.07) is 3.06. The van der Waals surface area contributed by atoms with E-state index in [0.717, 1.165) is 12.5 Å². The molecule has 4 nitrogen and oxygen atoms in total. The third-order valence-corrected chi connectivity index (χ3v) is 3.90. The average Bonchev–Trinajstić information content (AvgIpc) is 2.89. The minimum atomic E-state index is -4.88. The maximum Gasteiger partial charge on any atom is 0.573 e. The van der Waals surface area contributed by atoms with Gasteiger partial charge in [0.05, 0.1) is 6.61 Å². The van der Waals surface area contributed by atoms with Crippen molar-refractivity contribution in [1.29, 1.82) is 0 Å². The highest BCUT2D eigenvalue weighted by molar-refractivity contribution is 5.34. The maximum absolute atomic E-state index is 13.1. The lowest BCUT2D eigenvalue weighted by Gasteiger charge is -2.27. The van der Waals surface area contributed by atoms with Crippen LogP contribution in [0, 0.1) is 11.2 Å². The fraction of sp³-hybridized carbons (Fsp3) is 0.600. The van der Waals surface area contributed by atoms with Crippen molar-refractivity contribution in [3.05, 3.63) is 29.6 Å². The highest BCUT2D eigenvalue weighted by Crippen LogP contribution is 2.32. The maximum atomic E-state index is 13.1. The van der Waals surface area contributed by atoms with Crippen molar-refractivity contribution < 1.29 is 32.1 Å². The van der Waals surface area contributed by atoms with E-state index < -0.39 is 17.9 Å². The summed E-state index contributed by atoms with van der Waals surface area (Å²) >= 11 is 0. The molecule has 2 rings (SSSR count). The average molecular weight is 337 g/mol. The predicted molar refractivity (Wildman–Crippen MR) is 74.4 cm³/mol. The monoisotopic (exact) mass is 337 g/mol. The van der Waals surface area contributed by atoms with E-state index in [1.807, 2.05) is 0 Å². The summed E-state index contributed by atoms with van der Waals surface area (Å²) in [5.41, 5.74) is -0.0124. The number of ether oxygens (including phenoxy) is 2. The van der Waals surface area contributed by atoms with Crippen LogP contribution in [0.15, 0.2) is 18.2 Å². The molecule has 0 spiro atoms. The predicted octanol–water partition coefficient (Wildman–Crippen LogP) is 2.60. The van der Waals surface area contributed by atoms with Crippen LogP contribution in [-0.2, 0) is 11.3 Å². The van der Waals surface area contributed by atoms with Crippen LogP contribution in [0.5, 0.6) is 5.75 Å². The molecule has 1 aromatic rings. The fourth-order valence-electron chi connectivity index (χ4n) is 2.67. The largest absolute Gasteiger partial charge is 0.573 e. The van der Waals surface area contributed by atoms with Gasteiger partial charge < -0.3 is 19.9 Å². The van der Waals surface area contributed by atoms with Gasteiger partial charge in [0.2, 0.25) is 0 Å². The number of rotatable bonds is 7. The molecule has 0 saturated carbocycles. The Bertz CT molecular complexity index is 516. The van der Waals surface area contributed by atoms with Crippen LogP contribution in [0.1, 0.15) is 18.4 Å². The normalized spacial score (nSPS) is 21.6. The molecular weight excluding hydrogens is 318 g/mol. The van der Waals surface area contributed by atoms with Gasteiger partial charge in [-0.2, -0.15) is 0 Å². The standard InChI is InChI=1S/C15H19F4NO3/c16-12-2-1-11(13(7-12)23-15(17,18)19)8-20-9-14(3-5-21)4-6-22-10-14/h1-2,7,20-21H,3-6,8-10H2. The van der Waals surface area contributed by atoms with Gasteiger partial charge in [0.1, 0.15) is 11.6 Å². The van der Waals surface area contributed by atoms with Gasteiger partial charge in [-0.25, -0.2) is 4.39 Å². The Labute approximate surface area is 131 Å². The van der Waals surface area contributed by atoms with Gasteiger partial charge in [-0.15, -0.1) is 13.2 Å². The molecule has 1 saturated heterocycles. The van der Waals surface area contributed by atoms with Crippen LogP contribution in [0.4, 0.5) is 17.6 Å². The van der Waals surface area contributed by atoms with Crippen LogP contribution in [0.2, 0.25) is 0 Å². The summed E-state index contributed by atoms with van der Waals surface area (Å²) in [6.45, 7) is 1.69. The summed E-state index contributed by atoms with van der Waals surface area (Å²) in [5, 5.41) is 12.2. The first-order valence-corrected chi connectivity index (χ1v) is 7.27. The zero-order valence-corrected chi connectivity index (χ0v) is 12.5. The minimum Gasteiger partial charge on any atom is -0.405 e. The quantitative estimate of drug-likeness (QED) is 0.751. The lowest BCUT2D eigenvalue weighted by Crippen LogP contribution is -2.35. The van der Waals surface area contributed by atoms with Crippen LogP contribution in [-0.4, -0.2) is 37.8 Å². The summed E-state index contributed by atoms with van der Waals surface area (Å²) in [4.78, 5) is 0. The van der Waals surface area contributed by atoms with Gasteiger partial charge in [0.25, 0.3) is 0 Å². The third-order valence-electron chi connectivity index (χ3n) is 3.90. The second-order valence-electron chi connectivity index (χ2n) is 5.68. The first-order chi connectivity index (χ1) is 10.8. The number of halogens is 4. The molecule has 130 valence electrons. The highest BCUT2D eigenvalue weighted by Gasteiger charge is 2.34. The van der Waals surface area contributed by atoms with Gasteiger partial charge in [-0.1, -0.05) is 6.07 Å². The molecule has 0 aromatic heterocycles. The molecule has 0 amide bonds. The molecule has 8 heteroatoms. The zero-order chi connectivity index (χ0) is 16.9. The molecule has 1 heterocycles. The Morgan fingerprint density at radius 1 is 1.35 bits per heavy atom. The van der Waals surface area contributed by atoms with E-state index in [-0.39, 0.29) is 24.1 Å². The van der Waals surface area contributed by atoms with Gasteiger partial charge >= 0.3 is 6.36 Å². The number of aliphatic hydroxyl groups is 1. The number of alkyl halides is 3. The number of hydrogen-bond donors (Lipinski definition) is 2. The lowest BCUT2D eigenvalue weighted by molar-refractivity contribution is -0.275. The second kappa shape index (κ2) is 7.46. The first kappa shape index (κ1) is 18.0. The molecule has 0 aliphatic carbocycles. The van der Waals surface area contributed by atoms with Crippen molar-refractivity contribution in [3.8, 4) is 5.75 Å².